The first-order chi connectivity index (χ1) is 58.5. The van der Waals surface area contributed by atoms with Gasteiger partial charge in [-0.1, -0.05) is 13.8 Å². The van der Waals surface area contributed by atoms with Crippen molar-refractivity contribution in [2.75, 3.05) is 33.0 Å². The van der Waals surface area contributed by atoms with Crippen LogP contribution in [0.25, 0.3) is 0 Å². The first-order valence-corrected chi connectivity index (χ1v) is 39.5. The number of hydrogen-bond acceptors (Lipinski definition) is 31. The number of nitrogens with one attached hydrogen (secondary N) is 18. The van der Waals surface area contributed by atoms with Crippen LogP contribution in [-0.4, -0.2) is 359 Å². The number of carbonyl (C=O) groups excluding carboxylic acids is 21. The van der Waals surface area contributed by atoms with Crippen LogP contribution in [0.15, 0.2) is 0 Å². The number of aliphatic carboxylic acids is 2. The minimum atomic E-state index is -1.97. The van der Waals surface area contributed by atoms with Crippen LogP contribution in [0.1, 0.15) is 135 Å². The molecule has 0 bridgehead atoms. The van der Waals surface area contributed by atoms with E-state index in [4.69, 9.17) is 17.2 Å². The second kappa shape index (κ2) is 53.6. The molecule has 1 fully saturated rings. The van der Waals surface area contributed by atoms with Crippen LogP contribution in [0.3, 0.4) is 0 Å². The Balaban J connectivity index is 3.05. The Bertz CT molecular complexity index is 3930. The quantitative estimate of drug-likeness (QED) is 0.0269. The zero-order valence-corrected chi connectivity index (χ0v) is 71.4. The Kier molecular flexibility index (Phi) is 47.4. The maximum Gasteiger partial charge on any atom is 0.326 e. The molecule has 0 aliphatic carbocycles. The predicted molar refractivity (Wildman–Crippen MR) is 428 cm³/mol. The molecule has 0 radical (unpaired) electrons. The molecule has 54 heteroatoms. The third-order valence-corrected chi connectivity index (χ3v) is 18.9. The van der Waals surface area contributed by atoms with E-state index in [9.17, 15) is 156 Å². The van der Waals surface area contributed by atoms with Crippen molar-refractivity contribution in [3.63, 3.8) is 0 Å². The molecule has 1 saturated heterocycles. The summed E-state index contributed by atoms with van der Waals surface area (Å²) in [6.45, 7) is 10.4. The Hall–Kier alpha value is -12.5. The number of carboxylic acids is 2. The zero-order chi connectivity index (χ0) is 96.9. The van der Waals surface area contributed by atoms with Crippen molar-refractivity contribution in [1.29, 1.82) is 0 Å². The molecule has 1 aliphatic rings. The van der Waals surface area contributed by atoms with Crippen molar-refractivity contribution in [3.8, 4) is 0 Å². The second-order valence-corrected chi connectivity index (χ2v) is 30.1. The fourth-order valence-electron chi connectivity index (χ4n) is 11.2. The van der Waals surface area contributed by atoms with Crippen LogP contribution in [-0.2, 0) is 110 Å². The van der Waals surface area contributed by atoms with Gasteiger partial charge in [0.05, 0.1) is 51.2 Å². The van der Waals surface area contributed by atoms with Gasteiger partial charge in [-0.25, -0.2) is 4.79 Å². The molecule has 126 heavy (non-hydrogen) atoms. The van der Waals surface area contributed by atoms with E-state index in [1.165, 1.54) is 48.5 Å². The summed E-state index contributed by atoms with van der Waals surface area (Å²) < 4.78 is 0. The first-order valence-electron chi connectivity index (χ1n) is 39.5. The SMILES string of the molecule is CC(C)[C@H](NC(=O)[C@H](C)NC(=O)[C@H](C)NC(=O)[C@@H](NC(=O)[C@H](CO)NC(=O)[C@H](C)NC(=O)[C@H](CO)NC(=O)[C@H](CO)NC(=O)[C@H](C)NC(=O)[C@H](CO)NC(=O)[C@@H]1CCCN1C(=O)[C@H](CCC(N)=O)NC(=O)[C@H](C)NC(=O)[C@H](CCC(=O)O)NC(=O)[C@@H](NC(=O)[C@H](C)NC(=O)[C@@H](N)[C@@H](C)O)[C@@H](C)O)[C@@H](C)O)C(=O)N[C@@H](C)C(=O)N[C@@H](C)C(=O)N[C@@H](CC(N)=O)C(=O)O. The van der Waals surface area contributed by atoms with Crippen LogP contribution >= 0.6 is 0 Å². The first kappa shape index (κ1) is 111. The molecule has 0 spiro atoms. The van der Waals surface area contributed by atoms with Crippen molar-refractivity contribution in [2.24, 2.45) is 23.1 Å². The summed E-state index contributed by atoms with van der Waals surface area (Å²) in [5.41, 5.74) is 16.0. The number of nitrogens with zero attached hydrogens (tertiary/aromatic N) is 1. The average Bonchev–Trinajstić information content (AvgIpc) is 1.67. The smallest absolute Gasteiger partial charge is 0.326 e. The molecule has 0 aromatic heterocycles. The Morgan fingerprint density at radius 3 is 0.952 bits per heavy atom. The normalized spacial score (nSPS) is 17.6. The average molecular weight is 1810 g/mol. The Morgan fingerprint density at radius 1 is 0.317 bits per heavy atom. The molecule has 710 valence electrons. The van der Waals surface area contributed by atoms with E-state index in [1.54, 1.807) is 0 Å². The predicted octanol–water partition coefficient (Wildman–Crippen LogP) is -17.0. The molecule has 33 N–H and O–H groups in total. The fourth-order valence-corrected chi connectivity index (χ4v) is 11.2. The summed E-state index contributed by atoms with van der Waals surface area (Å²) in [5, 5.41) is 130. The van der Waals surface area contributed by atoms with E-state index in [1.807, 2.05) is 10.6 Å². The van der Waals surface area contributed by atoms with Crippen molar-refractivity contribution in [3.05, 3.63) is 0 Å². The molecule has 21 amide bonds. The van der Waals surface area contributed by atoms with Crippen molar-refractivity contribution >= 4 is 136 Å². The molecular formula is C72H120N22O32. The zero-order valence-electron chi connectivity index (χ0n) is 71.4. The monoisotopic (exact) mass is 1800 g/mol. The number of carbonyl (C=O) groups is 23. The van der Waals surface area contributed by atoms with Crippen LogP contribution in [0, 0.1) is 5.92 Å². The summed E-state index contributed by atoms with van der Waals surface area (Å²) in [7, 11) is 0. The molecule has 0 unspecified atom stereocenters. The Labute approximate surface area is 720 Å². The lowest BCUT2D eigenvalue weighted by Gasteiger charge is -2.30. The van der Waals surface area contributed by atoms with Gasteiger partial charge in [0.1, 0.15) is 121 Å². The van der Waals surface area contributed by atoms with Gasteiger partial charge in [0.2, 0.25) is 124 Å². The highest BCUT2D eigenvalue weighted by Crippen LogP contribution is 2.21. The Morgan fingerprint density at radius 2 is 0.595 bits per heavy atom. The molecule has 0 aromatic rings. The molecule has 0 aromatic carbocycles. The van der Waals surface area contributed by atoms with Gasteiger partial charge in [-0.15, -0.1) is 0 Å². The van der Waals surface area contributed by atoms with Crippen LogP contribution < -0.4 is 113 Å². The number of hydrogen-bond donors (Lipinski definition) is 30. The second-order valence-electron chi connectivity index (χ2n) is 30.1. The van der Waals surface area contributed by atoms with E-state index in [0.717, 1.165) is 46.4 Å². The third kappa shape index (κ3) is 37.1. The number of nitrogens with two attached hydrogens (primary N) is 3. The molecule has 54 nitrogen and oxygen atoms in total. The maximum absolute atomic E-state index is 14.3. The van der Waals surface area contributed by atoms with Gasteiger partial charge in [-0.3, -0.25) is 105 Å². The lowest BCUT2D eigenvalue weighted by atomic mass is 10.0. The van der Waals surface area contributed by atoms with Crippen molar-refractivity contribution in [2.45, 2.75) is 274 Å². The van der Waals surface area contributed by atoms with Crippen molar-refractivity contribution < 1.29 is 156 Å². The summed E-state index contributed by atoms with van der Waals surface area (Å²) in [6.07, 6.45) is -7.99. The topological polar surface area (TPSA) is 873 Å². The van der Waals surface area contributed by atoms with Gasteiger partial charge in [-0.2, -0.15) is 0 Å². The fraction of sp³-hybridized carbons (Fsp3) is 0.681. The van der Waals surface area contributed by atoms with Crippen LogP contribution in [0.4, 0.5) is 0 Å². The molecule has 1 aliphatic heterocycles. The van der Waals surface area contributed by atoms with Crippen LogP contribution in [0.5, 0.6) is 0 Å². The summed E-state index contributed by atoms with van der Waals surface area (Å²) >= 11 is 0. The molecule has 23 atom stereocenters. The van der Waals surface area contributed by atoms with E-state index in [2.05, 4.69) is 85.1 Å². The summed E-state index contributed by atoms with van der Waals surface area (Å²) in [6, 6.07) is -33.2. The number of amides is 21. The van der Waals surface area contributed by atoms with Gasteiger partial charge < -0.3 is 164 Å². The highest BCUT2D eigenvalue weighted by molar-refractivity contribution is 6.02. The molecule has 1 rings (SSSR count). The number of rotatable bonds is 54. The minimum Gasteiger partial charge on any atom is -0.481 e. The highest BCUT2D eigenvalue weighted by Gasteiger charge is 2.43. The van der Waals surface area contributed by atoms with E-state index in [-0.39, 0.29) is 19.4 Å². The van der Waals surface area contributed by atoms with Crippen LogP contribution in [0.2, 0.25) is 0 Å². The molecule has 1 heterocycles. The van der Waals surface area contributed by atoms with E-state index >= 15 is 0 Å². The lowest BCUT2D eigenvalue weighted by Crippen LogP contribution is -2.62. The highest BCUT2D eigenvalue weighted by atomic mass is 16.4. The standard InChI is InChI=1S/C72H120N22O32/c1-26(2)50(68(121)82-27(3)53(106)76-29(5)56(109)86-40(72(125)126)21-47(74)103)91-59(112)33(9)77-54(107)28(4)83-69(122)51(36(12)100)93-65(118)44(25-98)88-58(111)32(8)79-62(115)41(22-95)89-64(117)43(24-97)87-57(110)31(7)80-63(116)42(23-96)90-66(119)45-15-14-20-94(45)71(124)39(16-18-46(73)102)85-55(108)30(6)78-61(114)38(17-19-48(104)105)84-70(123)52(37(13)101)92-60(113)34(10)81-67(120)49(75)35(11)99/h26-45,49-52,95-101H,14-25,75H2,1-13H3,(H2,73,102)(H2,74,103)(H,76,106)(H,77,107)(H,78,114)(H,79,115)(H,80,116)(H,81,120)(H,82,121)(H,83,122)(H,84,123)(H,85,108)(H,86,109)(H,87,110)(H,88,111)(H,89,117)(H,90,119)(H,91,112)(H,92,113)(H,93,118)(H,104,105)(H,125,126)/t27-,28-,29-,30-,31-,32-,33-,34-,35+,36+,37+,38-,39-,40-,41-,42-,43-,44-,45-,49-,50-,51-,52-/m0/s1. The van der Waals surface area contributed by atoms with Crippen molar-refractivity contribution in [1.82, 2.24) is 101 Å². The largest absolute Gasteiger partial charge is 0.481 e. The van der Waals surface area contributed by atoms with Gasteiger partial charge in [0.15, 0.2) is 0 Å². The van der Waals surface area contributed by atoms with Gasteiger partial charge in [0.25, 0.3) is 0 Å². The summed E-state index contributed by atoms with van der Waals surface area (Å²) in [4.78, 5) is 301. The third-order valence-electron chi connectivity index (χ3n) is 18.9. The van der Waals surface area contributed by atoms with E-state index in [0.29, 0.717) is 0 Å². The maximum atomic E-state index is 14.3. The van der Waals surface area contributed by atoms with E-state index < -0.39 is 340 Å². The number of aliphatic hydroxyl groups excluding tert-OH is 7. The molecular weight excluding hydrogens is 1680 g/mol. The summed E-state index contributed by atoms with van der Waals surface area (Å²) in [5.74, 6) is -27.1. The number of aliphatic hydroxyl groups is 7. The number of primary amides is 2. The van der Waals surface area contributed by atoms with Gasteiger partial charge in [0, 0.05) is 19.4 Å². The minimum absolute atomic E-state index is 0.102. The van der Waals surface area contributed by atoms with Gasteiger partial charge >= 0.3 is 11.9 Å². The van der Waals surface area contributed by atoms with Gasteiger partial charge in [-0.05, 0) is 108 Å². The lowest BCUT2D eigenvalue weighted by molar-refractivity contribution is -0.143. The number of carboxylic acid groups (broad SMARTS) is 2. The number of likely N-dealkylation sites (tertiary alicyclic amines) is 1. The molecule has 0 saturated carbocycles.